The molecule has 0 saturated carbocycles. The summed E-state index contributed by atoms with van der Waals surface area (Å²) in [5, 5.41) is 42.8. The molecule has 574 valence electrons. The molecule has 0 aliphatic rings. The minimum absolute atomic E-state index is 0. The summed E-state index contributed by atoms with van der Waals surface area (Å²) in [5.74, 6) is -3.16. The van der Waals surface area contributed by atoms with Crippen molar-refractivity contribution in [3.63, 3.8) is 0 Å². The molecule has 4 amide bonds. The van der Waals surface area contributed by atoms with Gasteiger partial charge in [0, 0.05) is 106 Å². The van der Waals surface area contributed by atoms with Crippen LogP contribution in [0, 0.1) is 10.8 Å². The van der Waals surface area contributed by atoms with Crippen molar-refractivity contribution in [1.82, 2.24) is 40.9 Å². The van der Waals surface area contributed by atoms with Crippen molar-refractivity contribution in [2.24, 2.45) is 33.8 Å². The van der Waals surface area contributed by atoms with Crippen LogP contribution in [0.2, 0.25) is 0 Å². The van der Waals surface area contributed by atoms with Crippen LogP contribution in [0.3, 0.4) is 0 Å². The number of carboxylic acid groups (broad SMARTS) is 4. The minimum Gasteiger partial charge on any atom is -1.00 e. The number of nitrogens with zero attached hydrogens (tertiary/aromatic N) is 4. The quantitative estimate of drug-likeness (QED) is 0.0679. The van der Waals surface area contributed by atoms with Crippen LogP contribution in [0.15, 0.2) is 0 Å². The molecule has 0 aliphatic heterocycles. The normalized spacial score (nSPS) is 9.89. The van der Waals surface area contributed by atoms with E-state index in [1.165, 1.54) is 54.9 Å². The Labute approximate surface area is 756 Å². The summed E-state index contributed by atoms with van der Waals surface area (Å²) in [6, 6.07) is 0. The molecule has 0 saturated heterocycles. The SMILES string of the molecule is C.C.C.C.CC(=O)N(C)C(C)(C)C(C)(C)N(C)C(C)=O.CC(=O)O.CC(=O)O.CC(=O)O.CC(=O)O.CCC(C)(C)C(C)(C)NC.CCC(C)(C)C(C)(C)NC.CN.CN.CN.CN.CNC(C)(C)C(C)(C)N(C)C(C)=O.CNC(C)(C)C(C)(C)N(C)C(C)=O.[Ba+2].[Ba+2].[Ba+2].[Ba+2].[H-].[H-].[H-].[H-].[H-].[H-].[H-].[H-]. The molecule has 0 radical (unpaired) electrons. The number of nitrogens with one attached hydrogen (secondary N) is 4. The average Bonchev–Trinajstić information content (AvgIpc) is 3.39. The molecular weight excluding hydrogens is 1700 g/mol. The van der Waals surface area contributed by atoms with E-state index in [2.05, 4.69) is 169 Å². The number of hydrogen-bond donors (Lipinski definition) is 12. The smallest absolute Gasteiger partial charge is 1.00 e. The summed E-state index contributed by atoms with van der Waals surface area (Å²) in [6.07, 6.45) is 2.42. The number of amides is 4. The van der Waals surface area contributed by atoms with E-state index in [0.717, 1.165) is 27.7 Å². The van der Waals surface area contributed by atoms with E-state index < -0.39 is 35.0 Å². The zero-order chi connectivity index (χ0) is 74.2. The first-order valence-electron chi connectivity index (χ1n) is 28.8. The number of nitrogens with two attached hydrogens (primary N) is 4. The summed E-state index contributed by atoms with van der Waals surface area (Å²) in [4.78, 5) is 88.3. The van der Waals surface area contributed by atoms with E-state index in [1.54, 1.807) is 47.5 Å². The second kappa shape index (κ2) is 77.3. The monoisotopic (exact) mass is 1870 g/mol. The van der Waals surface area contributed by atoms with Crippen LogP contribution >= 0.6 is 0 Å². The molecule has 0 aliphatic carbocycles. The zero-order valence-corrected chi connectivity index (χ0v) is 84.2. The van der Waals surface area contributed by atoms with Gasteiger partial charge in [0.1, 0.15) is 0 Å². The van der Waals surface area contributed by atoms with Gasteiger partial charge in [-0.2, -0.15) is 0 Å². The molecule has 0 aromatic carbocycles. The van der Waals surface area contributed by atoms with Gasteiger partial charge in [-0.25, -0.2) is 0 Å². The van der Waals surface area contributed by atoms with Crippen molar-refractivity contribution < 1.29 is 70.2 Å². The number of rotatable bonds is 15. The predicted molar refractivity (Wildman–Crippen MR) is 423 cm³/mol. The fraction of sp³-hybridized carbons (Fsp3) is 0.879. The van der Waals surface area contributed by atoms with Crippen LogP contribution in [0.5, 0.6) is 0 Å². The fourth-order valence-corrected chi connectivity index (χ4v) is 5.41. The van der Waals surface area contributed by atoms with Gasteiger partial charge < -0.3 is 95.6 Å². The van der Waals surface area contributed by atoms with E-state index in [-0.39, 0.29) is 294 Å². The van der Waals surface area contributed by atoms with E-state index in [9.17, 15) is 19.2 Å². The van der Waals surface area contributed by atoms with Crippen LogP contribution in [0.4, 0.5) is 0 Å². The first-order valence-corrected chi connectivity index (χ1v) is 28.8. The number of carbonyl (C=O) groups excluding carboxylic acids is 4. The Kier molecular flexibility index (Phi) is 127. The van der Waals surface area contributed by atoms with E-state index in [0.29, 0.717) is 10.8 Å². The maximum atomic E-state index is 11.5. The summed E-state index contributed by atoms with van der Waals surface area (Å²) >= 11 is 0. The second-order valence-electron chi connectivity index (χ2n) is 24.6. The number of aliphatic carboxylic acids is 4. The maximum absolute atomic E-state index is 11.5. The fourth-order valence-electron chi connectivity index (χ4n) is 5.41. The third kappa shape index (κ3) is 73.5. The minimum atomic E-state index is -0.833. The maximum Gasteiger partial charge on any atom is 2.00 e. The number of carboxylic acids is 4. The third-order valence-electron chi connectivity index (χ3n) is 17.5. The molecule has 0 unspecified atom stereocenters. The molecule has 0 fully saturated rings. The Morgan fingerprint density at radius 1 is 0.298 bits per heavy atom. The molecule has 0 heterocycles. The standard InChI is InChI=1S/C12H24N2O2.2C10H22N2O.2C9H21N.4C2H4O2.4CH5N.4CH4.4Ba.8H/c1-9(15)13(7)11(3,4)12(5,6)14(8)10(2)16;2*1-8(13)12(7)10(4,5)9(2,3)11-6;2*1-7-8(2,3)9(4,5)10-6;4*1-2(3)4;4*1-2;;;;;;;;;;;;;;;;/h1-8H3;2*11H,1-7H3;2*10H,7H2,1-6H3;4*1H3,(H,3,4);4*2H2,1H3;4*1H4;;;;;;;;;;;;/q;;;;;;;;;;;;;;;;;4*+2;8*-1. The van der Waals surface area contributed by atoms with Gasteiger partial charge in [-0.1, -0.05) is 71.2 Å². The molecule has 28 heteroatoms. The van der Waals surface area contributed by atoms with Crippen molar-refractivity contribution in [3.05, 3.63) is 0 Å². The summed E-state index contributed by atoms with van der Waals surface area (Å²) in [6.45, 7) is 57.7. The Morgan fingerprint density at radius 3 is 0.457 bits per heavy atom. The van der Waals surface area contributed by atoms with Gasteiger partial charge in [-0.3, -0.25) is 38.4 Å². The van der Waals surface area contributed by atoms with Gasteiger partial charge in [0.2, 0.25) is 23.6 Å². The Morgan fingerprint density at radius 2 is 0.394 bits per heavy atom. The molecule has 24 nitrogen and oxygen atoms in total. The number of carbonyl (C=O) groups is 8. The first-order chi connectivity index (χ1) is 38.0. The second-order valence-corrected chi connectivity index (χ2v) is 24.6. The van der Waals surface area contributed by atoms with Gasteiger partial charge in [-0.05, 0) is 191 Å². The predicted octanol–water partition coefficient (Wildman–Crippen LogP) is 9.41. The van der Waals surface area contributed by atoms with Gasteiger partial charge >= 0.3 is 196 Å². The van der Waals surface area contributed by atoms with E-state index in [4.69, 9.17) is 39.6 Å². The van der Waals surface area contributed by atoms with Gasteiger partial charge in [-0.15, -0.1) is 0 Å². The zero-order valence-electron chi connectivity index (χ0n) is 74.4. The molecule has 0 rings (SSSR count). The number of hydrogen-bond acceptors (Lipinski definition) is 16. The topological polar surface area (TPSA) is 383 Å². The molecule has 94 heavy (non-hydrogen) atoms. The summed E-state index contributed by atoms with van der Waals surface area (Å²) in [5.41, 5.74) is 17.8. The molecule has 0 spiro atoms. The van der Waals surface area contributed by atoms with Crippen LogP contribution in [-0.2, 0) is 38.4 Å². The van der Waals surface area contributed by atoms with E-state index in [1.807, 2.05) is 70.0 Å². The largest absolute Gasteiger partial charge is 2.00 e. The molecule has 0 bridgehead atoms. The number of likely N-dealkylation sites (N-methyl/N-ethyl adjacent to an activating group) is 6. The Bertz CT molecular complexity index is 1660. The molecule has 0 aromatic heterocycles. The third-order valence-corrected chi connectivity index (χ3v) is 17.5. The van der Waals surface area contributed by atoms with Crippen molar-refractivity contribution >= 4 is 243 Å². The van der Waals surface area contributed by atoms with Crippen molar-refractivity contribution in [2.75, 3.05) is 84.6 Å². The Balaban J connectivity index is -0.0000000217. The van der Waals surface area contributed by atoms with Gasteiger partial charge in [0.25, 0.3) is 23.9 Å². The van der Waals surface area contributed by atoms with Crippen molar-refractivity contribution in [1.29, 1.82) is 0 Å². The van der Waals surface area contributed by atoms with Gasteiger partial charge in [0.05, 0.1) is 22.2 Å². The van der Waals surface area contributed by atoms with Crippen LogP contribution in [0.25, 0.3) is 0 Å². The van der Waals surface area contributed by atoms with Crippen LogP contribution in [-0.4, -0.2) is 412 Å². The van der Waals surface area contributed by atoms with Crippen LogP contribution in [0.1, 0.15) is 262 Å². The first kappa shape index (κ1) is 154. The summed E-state index contributed by atoms with van der Waals surface area (Å²) < 4.78 is 0. The van der Waals surface area contributed by atoms with Crippen LogP contribution < -0.4 is 44.2 Å². The Hall–Kier alpha value is 1.73. The molecular formula is C66H170Ba4N12O12. The van der Waals surface area contributed by atoms with E-state index >= 15 is 0 Å². The van der Waals surface area contributed by atoms with Gasteiger partial charge in [0.15, 0.2) is 0 Å². The average molecular weight is 1870 g/mol. The molecule has 0 atom stereocenters. The summed E-state index contributed by atoms with van der Waals surface area (Å²) in [7, 11) is 21.1. The molecule has 0 aromatic rings. The van der Waals surface area contributed by atoms with Crippen molar-refractivity contribution in [3.8, 4) is 0 Å². The van der Waals surface area contributed by atoms with Crippen molar-refractivity contribution in [2.45, 2.75) is 295 Å². The molecule has 16 N–H and O–H groups in total.